The molecular formula is C24H20N2O4. The molecule has 3 aromatic carbocycles. The van der Waals surface area contributed by atoms with Gasteiger partial charge in [-0.25, -0.2) is 0 Å². The van der Waals surface area contributed by atoms with Gasteiger partial charge in [-0.05, 0) is 36.4 Å². The Morgan fingerprint density at radius 1 is 1.03 bits per heavy atom. The Labute approximate surface area is 173 Å². The van der Waals surface area contributed by atoms with E-state index in [1.54, 1.807) is 54.6 Å². The van der Waals surface area contributed by atoms with Crippen molar-refractivity contribution in [1.29, 1.82) is 0 Å². The van der Waals surface area contributed by atoms with Crippen LogP contribution in [0.3, 0.4) is 0 Å². The number of nitrogen functional groups attached to an aromatic ring is 1. The molecule has 0 radical (unpaired) electrons. The van der Waals surface area contributed by atoms with Crippen molar-refractivity contribution in [1.82, 2.24) is 0 Å². The van der Waals surface area contributed by atoms with Gasteiger partial charge in [0.1, 0.15) is 17.6 Å². The van der Waals surface area contributed by atoms with Crippen molar-refractivity contribution in [2.24, 2.45) is 0 Å². The van der Waals surface area contributed by atoms with E-state index >= 15 is 0 Å². The number of carbonyl (C=O) groups is 2. The number of nitrogens with one attached hydrogen (secondary N) is 1. The van der Waals surface area contributed by atoms with Gasteiger partial charge in [0.25, 0.3) is 0 Å². The lowest BCUT2D eigenvalue weighted by Crippen LogP contribution is -2.33. The molecule has 0 spiro atoms. The van der Waals surface area contributed by atoms with Gasteiger partial charge in [-0.2, -0.15) is 0 Å². The van der Waals surface area contributed by atoms with E-state index in [0.717, 1.165) is 0 Å². The van der Waals surface area contributed by atoms with Gasteiger partial charge in [-0.15, -0.1) is 0 Å². The van der Waals surface area contributed by atoms with E-state index in [1.165, 1.54) is 12.3 Å². The van der Waals surface area contributed by atoms with Crippen molar-refractivity contribution in [3.8, 4) is 11.5 Å². The van der Waals surface area contributed by atoms with Gasteiger partial charge in [-0.3, -0.25) is 9.59 Å². The summed E-state index contributed by atoms with van der Waals surface area (Å²) >= 11 is 0. The number of phenols is 1. The monoisotopic (exact) mass is 400 g/mol. The summed E-state index contributed by atoms with van der Waals surface area (Å²) in [6.07, 6.45) is 0.624. The zero-order valence-corrected chi connectivity index (χ0v) is 16.0. The third-order valence-corrected chi connectivity index (χ3v) is 4.93. The van der Waals surface area contributed by atoms with Gasteiger partial charge >= 0.3 is 0 Å². The molecule has 3 aromatic rings. The van der Waals surface area contributed by atoms with Crippen LogP contribution in [-0.2, 0) is 0 Å². The van der Waals surface area contributed by atoms with Crippen LogP contribution in [0.4, 0.5) is 11.4 Å². The molecule has 0 aliphatic carbocycles. The van der Waals surface area contributed by atoms with E-state index in [9.17, 15) is 14.7 Å². The molecule has 6 heteroatoms. The Kier molecular flexibility index (Phi) is 5.22. The smallest absolute Gasteiger partial charge is 0.197 e. The molecule has 0 amide bonds. The van der Waals surface area contributed by atoms with E-state index in [-0.39, 0.29) is 29.3 Å². The van der Waals surface area contributed by atoms with E-state index in [0.29, 0.717) is 28.3 Å². The van der Waals surface area contributed by atoms with Crippen molar-refractivity contribution in [3.63, 3.8) is 0 Å². The summed E-state index contributed by atoms with van der Waals surface area (Å²) in [5.41, 5.74) is 8.06. The summed E-state index contributed by atoms with van der Waals surface area (Å²) in [5, 5.41) is 13.0. The second-order valence-electron chi connectivity index (χ2n) is 6.91. The van der Waals surface area contributed by atoms with Crippen LogP contribution in [0.1, 0.15) is 27.1 Å². The normalized spacial score (nSPS) is 16.6. The van der Waals surface area contributed by atoms with Crippen LogP contribution in [0, 0.1) is 0 Å². The summed E-state index contributed by atoms with van der Waals surface area (Å²) in [6.45, 7) is 0. The summed E-state index contributed by atoms with van der Waals surface area (Å²) in [5.74, 6) is -0.232. The fourth-order valence-electron chi connectivity index (χ4n) is 3.36. The number of para-hydroxylation sites is 4. The van der Waals surface area contributed by atoms with Gasteiger partial charge in [0.15, 0.2) is 11.6 Å². The third kappa shape index (κ3) is 3.75. The Hall–Kier alpha value is -4.06. The number of hydrogen-bond acceptors (Lipinski definition) is 6. The van der Waals surface area contributed by atoms with E-state index < -0.39 is 6.10 Å². The fraction of sp³-hybridized carbons (Fsp3) is 0.0833. The number of aromatic hydroxyl groups is 1. The predicted molar refractivity (Wildman–Crippen MR) is 115 cm³/mol. The van der Waals surface area contributed by atoms with Crippen LogP contribution in [0.15, 0.2) is 84.6 Å². The molecule has 1 aliphatic rings. The number of fused-ring (bicyclic) bond motifs is 1. The second-order valence-corrected chi connectivity index (χ2v) is 6.91. The van der Waals surface area contributed by atoms with Crippen LogP contribution in [-0.4, -0.2) is 22.8 Å². The molecule has 4 rings (SSSR count). The number of hydrogen-bond donors (Lipinski definition) is 3. The maximum Gasteiger partial charge on any atom is 0.197 e. The topological polar surface area (TPSA) is 102 Å². The van der Waals surface area contributed by atoms with Crippen molar-refractivity contribution < 1.29 is 19.4 Å². The minimum absolute atomic E-state index is 0.102. The summed E-state index contributed by atoms with van der Waals surface area (Å²) in [4.78, 5) is 25.9. The molecule has 0 saturated heterocycles. The Balaban J connectivity index is 1.68. The average molecular weight is 400 g/mol. The van der Waals surface area contributed by atoms with Gasteiger partial charge in [0.05, 0.1) is 34.5 Å². The van der Waals surface area contributed by atoms with Gasteiger partial charge in [-0.1, -0.05) is 36.4 Å². The highest BCUT2D eigenvalue weighted by molar-refractivity contribution is 6.13. The van der Waals surface area contributed by atoms with Crippen molar-refractivity contribution >= 4 is 22.9 Å². The van der Waals surface area contributed by atoms with Crippen LogP contribution in [0.5, 0.6) is 11.5 Å². The molecule has 150 valence electrons. The number of rotatable bonds is 5. The quantitative estimate of drug-likeness (QED) is 0.337. The highest BCUT2D eigenvalue weighted by atomic mass is 16.5. The second kappa shape index (κ2) is 8.13. The van der Waals surface area contributed by atoms with Gasteiger partial charge < -0.3 is 20.9 Å². The van der Waals surface area contributed by atoms with E-state index in [4.69, 9.17) is 10.5 Å². The standard InChI is InChI=1S/C24H20N2O4/c25-18-9-3-4-10-19(18)26-14-17-23(13-21(28)15-7-1-5-11-20(15)27)30-22-12-6-2-8-16(22)24(17)29/h1-12,14,23,26-27H,13,25H2/b17-14-. The van der Waals surface area contributed by atoms with Crippen LogP contribution in [0.2, 0.25) is 0 Å². The van der Waals surface area contributed by atoms with Gasteiger partial charge in [0.2, 0.25) is 0 Å². The highest BCUT2D eigenvalue weighted by Gasteiger charge is 2.33. The van der Waals surface area contributed by atoms with Crippen molar-refractivity contribution in [2.45, 2.75) is 12.5 Å². The number of nitrogens with two attached hydrogens (primary N) is 1. The molecule has 30 heavy (non-hydrogen) atoms. The first-order valence-corrected chi connectivity index (χ1v) is 9.47. The molecule has 6 nitrogen and oxygen atoms in total. The molecule has 1 unspecified atom stereocenters. The molecule has 1 heterocycles. The third-order valence-electron chi connectivity index (χ3n) is 4.93. The number of benzene rings is 3. The molecular weight excluding hydrogens is 380 g/mol. The Morgan fingerprint density at radius 2 is 1.73 bits per heavy atom. The Bertz CT molecular complexity index is 1150. The maximum absolute atomic E-state index is 13.1. The SMILES string of the molecule is Nc1ccccc1N/C=C1\C(=O)c2ccccc2OC1CC(=O)c1ccccc1O. The first kappa shape index (κ1) is 19.3. The maximum atomic E-state index is 13.1. The zero-order valence-electron chi connectivity index (χ0n) is 16.0. The first-order chi connectivity index (χ1) is 14.5. The zero-order chi connectivity index (χ0) is 21.1. The lowest BCUT2D eigenvalue weighted by molar-refractivity contribution is 0.0881. The predicted octanol–water partition coefficient (Wildman–Crippen LogP) is 4.19. The number of phenolic OH excluding ortho intramolecular Hbond substituents is 1. The number of carbonyl (C=O) groups excluding carboxylic acids is 2. The molecule has 0 saturated carbocycles. The number of ketones is 2. The lowest BCUT2D eigenvalue weighted by Gasteiger charge is -2.27. The average Bonchev–Trinajstić information content (AvgIpc) is 2.75. The van der Waals surface area contributed by atoms with E-state index in [2.05, 4.69) is 5.32 Å². The lowest BCUT2D eigenvalue weighted by atomic mass is 9.91. The van der Waals surface area contributed by atoms with Crippen molar-refractivity contribution in [2.75, 3.05) is 11.1 Å². The molecule has 0 bridgehead atoms. The van der Waals surface area contributed by atoms with Crippen LogP contribution in [0.25, 0.3) is 0 Å². The fourth-order valence-corrected chi connectivity index (χ4v) is 3.36. The van der Waals surface area contributed by atoms with Crippen LogP contribution >= 0.6 is 0 Å². The minimum Gasteiger partial charge on any atom is -0.507 e. The molecule has 0 fully saturated rings. The summed E-state index contributed by atoms with van der Waals surface area (Å²) in [7, 11) is 0. The largest absolute Gasteiger partial charge is 0.507 e. The first-order valence-electron chi connectivity index (χ1n) is 9.47. The van der Waals surface area contributed by atoms with Crippen molar-refractivity contribution in [3.05, 3.63) is 95.7 Å². The van der Waals surface area contributed by atoms with Gasteiger partial charge in [0, 0.05) is 6.20 Å². The number of Topliss-reactive ketones (excluding diaryl/α,β-unsaturated/α-hetero) is 2. The molecule has 0 aromatic heterocycles. The molecule has 1 aliphatic heterocycles. The minimum atomic E-state index is -0.808. The van der Waals surface area contributed by atoms with Crippen LogP contribution < -0.4 is 15.8 Å². The van der Waals surface area contributed by atoms with E-state index in [1.807, 2.05) is 12.1 Å². The highest BCUT2D eigenvalue weighted by Crippen LogP contribution is 2.33. The summed E-state index contributed by atoms with van der Waals surface area (Å²) < 4.78 is 6.00. The summed E-state index contributed by atoms with van der Waals surface area (Å²) in [6, 6.07) is 20.4. The molecule has 4 N–H and O–H groups in total. The number of ether oxygens (including phenoxy) is 1. The molecule has 1 atom stereocenters. The Morgan fingerprint density at radius 3 is 2.53 bits per heavy atom. The number of anilines is 2.